The summed E-state index contributed by atoms with van der Waals surface area (Å²) in [5, 5.41) is 6.33. The normalized spacial score (nSPS) is 27.7. The summed E-state index contributed by atoms with van der Waals surface area (Å²) in [6.45, 7) is 9.56. The number of halogens is 1. The maximum Gasteiger partial charge on any atom is 0.325 e. The van der Waals surface area contributed by atoms with Gasteiger partial charge in [-0.1, -0.05) is 32.4 Å². The Morgan fingerprint density at radius 3 is 2.55 bits per heavy atom. The summed E-state index contributed by atoms with van der Waals surface area (Å²) in [6.07, 6.45) is 2.18. The number of urea groups is 1. The molecule has 180 valence electrons. The van der Waals surface area contributed by atoms with E-state index in [0.29, 0.717) is 29.5 Å². The molecule has 1 aromatic rings. The van der Waals surface area contributed by atoms with Crippen LogP contribution in [0.5, 0.6) is 0 Å². The van der Waals surface area contributed by atoms with Gasteiger partial charge < -0.3 is 20.4 Å². The van der Waals surface area contributed by atoms with Crippen molar-refractivity contribution in [2.45, 2.75) is 45.6 Å². The number of amides is 4. The lowest BCUT2D eigenvalue weighted by atomic mass is 9.64. The fourth-order valence-corrected chi connectivity index (χ4v) is 6.09. The molecule has 2 atom stereocenters. The van der Waals surface area contributed by atoms with Crippen LogP contribution in [0.15, 0.2) is 18.2 Å². The second-order valence-corrected chi connectivity index (χ2v) is 11.2. The summed E-state index contributed by atoms with van der Waals surface area (Å²) in [6, 6.07) is 4.92. The van der Waals surface area contributed by atoms with Gasteiger partial charge >= 0.3 is 6.03 Å². The average molecular weight is 476 g/mol. The number of imide groups is 1. The number of nitrogens with zero attached hydrogens (tertiary/aromatic N) is 3. The largest absolute Gasteiger partial charge is 0.367 e. The zero-order valence-electron chi connectivity index (χ0n) is 19.9. The van der Waals surface area contributed by atoms with Crippen LogP contribution in [0.1, 0.15) is 40.0 Å². The Morgan fingerprint density at radius 1 is 1.18 bits per heavy atom. The highest BCUT2D eigenvalue weighted by molar-refractivity contribution is 6.31. The van der Waals surface area contributed by atoms with Crippen molar-refractivity contribution >= 4 is 40.8 Å². The van der Waals surface area contributed by atoms with Crippen molar-refractivity contribution in [3.63, 3.8) is 0 Å². The van der Waals surface area contributed by atoms with E-state index >= 15 is 0 Å². The predicted octanol–water partition coefficient (Wildman–Crippen LogP) is 3.17. The number of carbonyl (C=O) groups excluding carboxylic acids is 3. The van der Waals surface area contributed by atoms with E-state index in [9.17, 15) is 14.4 Å². The van der Waals surface area contributed by atoms with Crippen LogP contribution >= 0.6 is 11.6 Å². The highest BCUT2D eigenvalue weighted by atomic mass is 35.5. The molecule has 2 saturated heterocycles. The highest BCUT2D eigenvalue weighted by Crippen LogP contribution is 2.46. The first kappa shape index (κ1) is 23.8. The SMILES string of the molecule is CC1CC(C)(C)CC2(C1)NC(=O)N(CC(=O)Nc1cc(Cl)ccc1N1CCN(C)CC1)C2=O. The minimum absolute atomic E-state index is 0.0585. The van der Waals surface area contributed by atoms with Crippen molar-refractivity contribution < 1.29 is 14.4 Å². The van der Waals surface area contributed by atoms with E-state index in [2.05, 4.69) is 48.3 Å². The molecule has 2 N–H and O–H groups in total. The van der Waals surface area contributed by atoms with E-state index in [4.69, 9.17) is 11.6 Å². The Morgan fingerprint density at radius 2 is 1.88 bits per heavy atom. The van der Waals surface area contributed by atoms with Crippen molar-refractivity contribution in [1.82, 2.24) is 15.1 Å². The van der Waals surface area contributed by atoms with Crippen LogP contribution < -0.4 is 15.5 Å². The minimum Gasteiger partial charge on any atom is -0.367 e. The molecule has 3 fully saturated rings. The van der Waals surface area contributed by atoms with Crippen LogP contribution in [0.25, 0.3) is 0 Å². The summed E-state index contributed by atoms with van der Waals surface area (Å²) in [7, 11) is 2.08. The number of benzene rings is 1. The van der Waals surface area contributed by atoms with Gasteiger partial charge in [0.15, 0.2) is 0 Å². The van der Waals surface area contributed by atoms with Crippen molar-refractivity contribution in [2.24, 2.45) is 11.3 Å². The third-order valence-electron chi connectivity index (χ3n) is 7.00. The van der Waals surface area contributed by atoms with Gasteiger partial charge in [0, 0.05) is 31.2 Å². The molecular formula is C24H34ClN5O3. The Bertz CT molecular complexity index is 959. The van der Waals surface area contributed by atoms with Crippen molar-refractivity contribution in [1.29, 1.82) is 0 Å². The van der Waals surface area contributed by atoms with Gasteiger partial charge in [-0.3, -0.25) is 14.5 Å². The average Bonchev–Trinajstić information content (AvgIpc) is 2.90. The number of piperazine rings is 1. The molecule has 3 aliphatic rings. The molecule has 0 aromatic heterocycles. The van der Waals surface area contributed by atoms with E-state index in [1.807, 2.05) is 6.07 Å². The Labute approximate surface area is 200 Å². The van der Waals surface area contributed by atoms with Gasteiger partial charge in [-0.2, -0.15) is 0 Å². The van der Waals surface area contributed by atoms with E-state index < -0.39 is 17.5 Å². The maximum atomic E-state index is 13.3. The van der Waals surface area contributed by atoms with Crippen LogP contribution in [0.3, 0.4) is 0 Å². The predicted molar refractivity (Wildman–Crippen MR) is 130 cm³/mol. The second kappa shape index (κ2) is 8.80. The van der Waals surface area contributed by atoms with E-state index in [0.717, 1.165) is 43.2 Å². The van der Waals surface area contributed by atoms with Crippen molar-refractivity contribution in [2.75, 3.05) is 50.0 Å². The number of hydrogen-bond donors (Lipinski definition) is 2. The summed E-state index contributed by atoms with van der Waals surface area (Å²) in [5.74, 6) is -0.409. The van der Waals surface area contributed by atoms with Gasteiger partial charge in [0.25, 0.3) is 5.91 Å². The summed E-state index contributed by atoms with van der Waals surface area (Å²) in [4.78, 5) is 44.6. The zero-order valence-corrected chi connectivity index (χ0v) is 20.7. The van der Waals surface area contributed by atoms with Crippen LogP contribution in [-0.4, -0.2) is 73.0 Å². The maximum absolute atomic E-state index is 13.3. The third kappa shape index (κ3) is 4.96. The Kier molecular flexibility index (Phi) is 6.35. The van der Waals surface area contributed by atoms with Crippen molar-refractivity contribution in [3.05, 3.63) is 23.2 Å². The summed E-state index contributed by atoms with van der Waals surface area (Å²) in [5.41, 5.74) is 0.500. The van der Waals surface area contributed by atoms with E-state index in [1.165, 1.54) is 0 Å². The zero-order chi connectivity index (χ0) is 24.0. The molecule has 2 unspecified atom stereocenters. The first-order valence-electron chi connectivity index (χ1n) is 11.7. The molecule has 1 aliphatic carbocycles. The standard InChI is InChI=1S/C24H34ClN5O3/c1-16-12-23(2,3)15-24(13-16)21(32)30(22(33)27-24)14-20(31)26-18-11-17(25)5-6-19(18)29-9-7-28(4)8-10-29/h5-6,11,16H,7-10,12-15H2,1-4H3,(H,26,31)(H,27,33). The van der Waals surface area contributed by atoms with E-state index in [1.54, 1.807) is 12.1 Å². The minimum atomic E-state index is -0.917. The number of anilines is 2. The smallest absolute Gasteiger partial charge is 0.325 e. The summed E-state index contributed by atoms with van der Waals surface area (Å²) >= 11 is 6.21. The third-order valence-corrected chi connectivity index (χ3v) is 7.24. The lowest BCUT2D eigenvalue weighted by Crippen LogP contribution is -2.54. The Balaban J connectivity index is 1.48. The van der Waals surface area contributed by atoms with Gasteiger partial charge in [-0.15, -0.1) is 0 Å². The van der Waals surface area contributed by atoms with Crippen LogP contribution in [-0.2, 0) is 9.59 Å². The van der Waals surface area contributed by atoms with E-state index in [-0.39, 0.29) is 17.9 Å². The molecule has 33 heavy (non-hydrogen) atoms. The quantitative estimate of drug-likeness (QED) is 0.653. The molecule has 1 saturated carbocycles. The monoisotopic (exact) mass is 475 g/mol. The van der Waals surface area contributed by atoms with Crippen molar-refractivity contribution in [3.8, 4) is 0 Å². The first-order chi connectivity index (χ1) is 15.5. The van der Waals surface area contributed by atoms with Crippen LogP contribution in [0.2, 0.25) is 5.02 Å². The number of likely N-dealkylation sites (N-methyl/N-ethyl adjacent to an activating group) is 1. The highest BCUT2D eigenvalue weighted by Gasteiger charge is 2.56. The number of rotatable bonds is 4. The fourth-order valence-electron chi connectivity index (χ4n) is 5.91. The molecule has 4 rings (SSSR count). The molecule has 0 radical (unpaired) electrons. The molecule has 8 nitrogen and oxygen atoms in total. The van der Waals surface area contributed by atoms with Gasteiger partial charge in [-0.25, -0.2) is 4.79 Å². The molecule has 1 aromatic carbocycles. The van der Waals surface area contributed by atoms with Gasteiger partial charge in [0.2, 0.25) is 5.91 Å². The molecule has 2 heterocycles. The Hall–Kier alpha value is -2.32. The second-order valence-electron chi connectivity index (χ2n) is 10.8. The van der Waals surface area contributed by atoms with Crippen LogP contribution in [0.4, 0.5) is 16.2 Å². The lowest BCUT2D eigenvalue weighted by Gasteiger charge is -2.43. The van der Waals surface area contributed by atoms with Gasteiger partial charge in [0.05, 0.1) is 11.4 Å². The molecule has 9 heteroatoms. The van der Waals surface area contributed by atoms with Crippen LogP contribution in [0, 0.1) is 11.3 Å². The molecular weight excluding hydrogens is 442 g/mol. The topological polar surface area (TPSA) is 85.0 Å². The molecule has 4 amide bonds. The molecule has 1 spiro atoms. The lowest BCUT2D eigenvalue weighted by molar-refractivity contribution is -0.136. The van der Waals surface area contributed by atoms with Gasteiger partial charge in [-0.05, 0) is 55.8 Å². The number of nitrogens with one attached hydrogen (secondary N) is 2. The first-order valence-corrected chi connectivity index (χ1v) is 12.0. The summed E-state index contributed by atoms with van der Waals surface area (Å²) < 4.78 is 0. The van der Waals surface area contributed by atoms with Gasteiger partial charge in [0.1, 0.15) is 12.1 Å². The molecule has 0 bridgehead atoms. The fraction of sp³-hybridized carbons (Fsp3) is 0.625. The number of carbonyl (C=O) groups is 3. The number of hydrogen-bond acceptors (Lipinski definition) is 5. The molecule has 2 aliphatic heterocycles.